The van der Waals surface area contributed by atoms with Crippen LogP contribution in [0.25, 0.3) is 0 Å². The number of hydrogen-bond acceptors (Lipinski definition) is 1. The SMILES string of the molecule is C1CCC2(C1)CCC[C@@H]1O[C@H]12. The Morgan fingerprint density at radius 2 is 1.73 bits per heavy atom. The highest BCUT2D eigenvalue weighted by molar-refractivity contribution is 5.05. The van der Waals surface area contributed by atoms with Crippen LogP contribution in [0.2, 0.25) is 0 Å². The first-order valence-corrected chi connectivity index (χ1v) is 5.06. The van der Waals surface area contributed by atoms with Gasteiger partial charge in [0.25, 0.3) is 0 Å². The fraction of sp³-hybridized carbons (Fsp3) is 1.00. The predicted octanol–water partition coefficient (Wildman–Crippen LogP) is 2.50. The molecule has 0 N–H and O–H groups in total. The molecule has 0 aromatic carbocycles. The van der Waals surface area contributed by atoms with Gasteiger partial charge >= 0.3 is 0 Å². The van der Waals surface area contributed by atoms with E-state index in [1.54, 1.807) is 0 Å². The van der Waals surface area contributed by atoms with Crippen LogP contribution in [0.1, 0.15) is 44.9 Å². The van der Waals surface area contributed by atoms with E-state index in [0.717, 1.165) is 0 Å². The van der Waals surface area contributed by atoms with Gasteiger partial charge in [0.1, 0.15) is 0 Å². The van der Waals surface area contributed by atoms with E-state index in [0.29, 0.717) is 17.6 Å². The first-order chi connectivity index (χ1) is 5.41. The van der Waals surface area contributed by atoms with E-state index >= 15 is 0 Å². The van der Waals surface area contributed by atoms with Crippen LogP contribution in [0, 0.1) is 5.41 Å². The normalized spacial score (nSPS) is 45.8. The van der Waals surface area contributed by atoms with Crippen LogP contribution in [-0.4, -0.2) is 12.2 Å². The average Bonchev–Trinajstić information content (AvgIpc) is 2.68. The van der Waals surface area contributed by atoms with Gasteiger partial charge in [0, 0.05) is 0 Å². The summed E-state index contributed by atoms with van der Waals surface area (Å²) in [7, 11) is 0. The summed E-state index contributed by atoms with van der Waals surface area (Å²) in [5.74, 6) is 0. The zero-order chi connectivity index (χ0) is 7.31. The van der Waals surface area contributed by atoms with Crippen molar-refractivity contribution in [3.05, 3.63) is 0 Å². The molecular formula is C10H16O. The Kier molecular flexibility index (Phi) is 1.18. The lowest BCUT2D eigenvalue weighted by Crippen LogP contribution is -2.28. The second-order valence-electron chi connectivity index (χ2n) is 4.56. The number of fused-ring (bicyclic) bond motifs is 2. The molecule has 3 aliphatic rings. The molecule has 1 saturated heterocycles. The van der Waals surface area contributed by atoms with Crippen molar-refractivity contribution < 1.29 is 4.74 Å². The highest BCUT2D eigenvalue weighted by atomic mass is 16.6. The fourth-order valence-electron chi connectivity index (χ4n) is 3.31. The molecule has 0 aromatic heterocycles. The minimum Gasteiger partial charge on any atom is -0.369 e. The van der Waals surface area contributed by atoms with Crippen molar-refractivity contribution in [1.29, 1.82) is 0 Å². The molecule has 3 fully saturated rings. The van der Waals surface area contributed by atoms with Crippen LogP contribution in [0.3, 0.4) is 0 Å². The Labute approximate surface area is 68.1 Å². The van der Waals surface area contributed by atoms with Crippen molar-refractivity contribution in [2.75, 3.05) is 0 Å². The second-order valence-corrected chi connectivity index (χ2v) is 4.56. The topological polar surface area (TPSA) is 12.5 Å². The summed E-state index contributed by atoms with van der Waals surface area (Å²) in [6.07, 6.45) is 11.5. The predicted molar refractivity (Wildman–Crippen MR) is 43.4 cm³/mol. The first kappa shape index (κ1) is 6.47. The average molecular weight is 152 g/mol. The van der Waals surface area contributed by atoms with Crippen molar-refractivity contribution >= 4 is 0 Å². The fourth-order valence-corrected chi connectivity index (χ4v) is 3.31. The van der Waals surface area contributed by atoms with Gasteiger partial charge in [-0.1, -0.05) is 19.3 Å². The van der Waals surface area contributed by atoms with E-state index < -0.39 is 0 Å². The molecular weight excluding hydrogens is 136 g/mol. The van der Waals surface area contributed by atoms with Gasteiger partial charge in [0.05, 0.1) is 12.2 Å². The van der Waals surface area contributed by atoms with E-state index in [1.807, 2.05) is 0 Å². The molecule has 1 heterocycles. The summed E-state index contributed by atoms with van der Waals surface area (Å²) in [4.78, 5) is 0. The Balaban J connectivity index is 1.84. The van der Waals surface area contributed by atoms with Crippen molar-refractivity contribution in [2.45, 2.75) is 57.2 Å². The van der Waals surface area contributed by atoms with Crippen LogP contribution in [0.5, 0.6) is 0 Å². The summed E-state index contributed by atoms with van der Waals surface area (Å²) in [5, 5.41) is 0. The third kappa shape index (κ3) is 0.807. The summed E-state index contributed by atoms with van der Waals surface area (Å²) in [5.41, 5.74) is 0.683. The Morgan fingerprint density at radius 1 is 1.00 bits per heavy atom. The molecule has 1 nitrogen and oxygen atoms in total. The summed E-state index contributed by atoms with van der Waals surface area (Å²) >= 11 is 0. The third-order valence-corrected chi connectivity index (χ3v) is 3.95. The number of ether oxygens (including phenoxy) is 1. The Bertz CT molecular complexity index is 170. The molecule has 0 bridgehead atoms. The molecule has 0 aromatic rings. The molecule has 1 heteroatoms. The van der Waals surface area contributed by atoms with Crippen LogP contribution in [-0.2, 0) is 4.74 Å². The van der Waals surface area contributed by atoms with Crippen molar-refractivity contribution in [1.82, 2.24) is 0 Å². The van der Waals surface area contributed by atoms with Crippen LogP contribution < -0.4 is 0 Å². The maximum absolute atomic E-state index is 5.72. The molecule has 3 rings (SSSR count). The number of rotatable bonds is 0. The molecule has 62 valence electrons. The highest BCUT2D eigenvalue weighted by Crippen LogP contribution is 2.57. The zero-order valence-corrected chi connectivity index (χ0v) is 7.01. The second kappa shape index (κ2) is 2.01. The molecule has 2 atom stereocenters. The van der Waals surface area contributed by atoms with Gasteiger partial charge < -0.3 is 4.74 Å². The van der Waals surface area contributed by atoms with Gasteiger partial charge in [-0.25, -0.2) is 0 Å². The lowest BCUT2D eigenvalue weighted by atomic mass is 9.73. The van der Waals surface area contributed by atoms with Gasteiger partial charge in [-0.15, -0.1) is 0 Å². The van der Waals surface area contributed by atoms with Crippen molar-refractivity contribution in [3.8, 4) is 0 Å². The third-order valence-electron chi connectivity index (χ3n) is 3.95. The van der Waals surface area contributed by atoms with E-state index in [1.165, 1.54) is 44.9 Å². The zero-order valence-electron chi connectivity index (χ0n) is 7.01. The molecule has 2 aliphatic carbocycles. The van der Waals surface area contributed by atoms with Crippen LogP contribution in [0.4, 0.5) is 0 Å². The van der Waals surface area contributed by atoms with Crippen molar-refractivity contribution in [2.24, 2.45) is 5.41 Å². The van der Waals surface area contributed by atoms with E-state index in [2.05, 4.69) is 0 Å². The largest absolute Gasteiger partial charge is 0.369 e. The summed E-state index contributed by atoms with van der Waals surface area (Å²) < 4.78 is 5.72. The monoisotopic (exact) mass is 152 g/mol. The van der Waals surface area contributed by atoms with Gasteiger partial charge in [0.2, 0.25) is 0 Å². The molecule has 11 heavy (non-hydrogen) atoms. The number of hydrogen-bond donors (Lipinski definition) is 0. The van der Waals surface area contributed by atoms with E-state index in [-0.39, 0.29) is 0 Å². The molecule has 0 radical (unpaired) electrons. The quantitative estimate of drug-likeness (QED) is 0.486. The molecule has 1 spiro atoms. The molecule has 0 unspecified atom stereocenters. The summed E-state index contributed by atoms with van der Waals surface area (Å²) in [6.45, 7) is 0. The minimum atomic E-state index is 0.683. The first-order valence-electron chi connectivity index (χ1n) is 5.06. The molecule has 2 saturated carbocycles. The minimum absolute atomic E-state index is 0.683. The van der Waals surface area contributed by atoms with Gasteiger partial charge in [-0.05, 0) is 31.1 Å². The standard InChI is InChI=1S/C10H16O/c1-2-6-10(5-1)7-3-4-8-9(10)11-8/h8-9H,1-7H2/t8-,9+/m0/s1. The van der Waals surface area contributed by atoms with Crippen molar-refractivity contribution in [3.63, 3.8) is 0 Å². The van der Waals surface area contributed by atoms with Gasteiger partial charge in [0.15, 0.2) is 0 Å². The van der Waals surface area contributed by atoms with E-state index in [4.69, 9.17) is 4.74 Å². The van der Waals surface area contributed by atoms with Crippen LogP contribution >= 0.6 is 0 Å². The van der Waals surface area contributed by atoms with Crippen LogP contribution in [0.15, 0.2) is 0 Å². The Hall–Kier alpha value is -0.0400. The van der Waals surface area contributed by atoms with Gasteiger partial charge in [-0.3, -0.25) is 0 Å². The highest BCUT2D eigenvalue weighted by Gasteiger charge is 2.57. The maximum atomic E-state index is 5.72. The smallest absolute Gasteiger partial charge is 0.0897 e. The lowest BCUT2D eigenvalue weighted by molar-refractivity contribution is 0.185. The maximum Gasteiger partial charge on any atom is 0.0897 e. The van der Waals surface area contributed by atoms with Gasteiger partial charge in [-0.2, -0.15) is 0 Å². The lowest BCUT2D eigenvalue weighted by Gasteiger charge is -2.29. The van der Waals surface area contributed by atoms with E-state index in [9.17, 15) is 0 Å². The Morgan fingerprint density at radius 3 is 2.55 bits per heavy atom. The summed E-state index contributed by atoms with van der Waals surface area (Å²) in [6, 6.07) is 0. The molecule has 1 aliphatic heterocycles. The number of epoxide rings is 1. The molecule has 0 amide bonds.